The van der Waals surface area contributed by atoms with E-state index in [1.165, 1.54) is 4.88 Å². The lowest BCUT2D eigenvalue weighted by Gasteiger charge is -2.24. The number of aryl methyl sites for hydroxylation is 1. The van der Waals surface area contributed by atoms with Crippen molar-refractivity contribution in [3.05, 3.63) is 22.9 Å². The lowest BCUT2D eigenvalue weighted by Crippen LogP contribution is -2.23. The first kappa shape index (κ1) is 14.3. The van der Waals surface area contributed by atoms with Crippen LogP contribution in [0.15, 0.2) is 16.5 Å². The molecule has 1 saturated carbocycles. The summed E-state index contributed by atoms with van der Waals surface area (Å²) in [5.74, 6) is 0.344. The zero-order chi connectivity index (χ0) is 14.9. The predicted octanol–water partition coefficient (Wildman–Crippen LogP) is 3.68. The van der Waals surface area contributed by atoms with E-state index in [2.05, 4.69) is 10.2 Å². The molecule has 0 atom stereocenters. The van der Waals surface area contributed by atoms with Gasteiger partial charge in [-0.1, -0.05) is 12.8 Å². The second-order valence-corrected chi connectivity index (χ2v) is 7.15. The molecule has 3 rings (SSSR count). The largest absolute Gasteiger partial charge is 0.481 e. The molecule has 0 aliphatic heterocycles. The van der Waals surface area contributed by atoms with Crippen molar-refractivity contribution in [2.24, 2.45) is 5.41 Å². The third kappa shape index (κ3) is 3.15. The van der Waals surface area contributed by atoms with E-state index in [9.17, 15) is 4.79 Å². The van der Waals surface area contributed by atoms with Crippen molar-refractivity contribution in [1.82, 2.24) is 10.2 Å². The van der Waals surface area contributed by atoms with Crippen LogP contribution >= 0.6 is 11.3 Å². The highest BCUT2D eigenvalue weighted by atomic mass is 32.1. The van der Waals surface area contributed by atoms with E-state index in [-0.39, 0.29) is 11.8 Å². The Labute approximate surface area is 127 Å². The molecule has 0 saturated heterocycles. The minimum absolute atomic E-state index is 0.183. The van der Waals surface area contributed by atoms with Crippen LogP contribution in [-0.4, -0.2) is 21.3 Å². The van der Waals surface area contributed by atoms with E-state index >= 15 is 0 Å². The van der Waals surface area contributed by atoms with E-state index in [0.717, 1.165) is 30.6 Å². The van der Waals surface area contributed by atoms with Crippen LogP contribution in [-0.2, 0) is 11.2 Å². The number of nitrogens with zero attached hydrogens (tertiary/aromatic N) is 2. The maximum Gasteiger partial charge on any atom is 0.303 e. The number of aliphatic carboxylic acids is 1. The third-order valence-corrected chi connectivity index (χ3v) is 5.12. The van der Waals surface area contributed by atoms with E-state index in [1.54, 1.807) is 11.3 Å². The highest BCUT2D eigenvalue weighted by Crippen LogP contribution is 2.44. The second-order valence-electron chi connectivity index (χ2n) is 5.87. The van der Waals surface area contributed by atoms with Gasteiger partial charge in [-0.05, 0) is 37.3 Å². The molecule has 21 heavy (non-hydrogen) atoms. The molecule has 5 nitrogen and oxygen atoms in total. The zero-order valence-corrected chi connectivity index (χ0v) is 12.8. The quantitative estimate of drug-likeness (QED) is 0.911. The van der Waals surface area contributed by atoms with Crippen LogP contribution < -0.4 is 0 Å². The Balaban J connectivity index is 1.78. The maximum atomic E-state index is 11.1. The molecule has 0 unspecified atom stereocenters. The Morgan fingerprint density at radius 2 is 2.14 bits per heavy atom. The second kappa shape index (κ2) is 5.60. The number of hydrogen-bond donors (Lipinski definition) is 1. The molecule has 2 aromatic rings. The molecule has 0 aromatic carbocycles. The molecule has 2 aromatic heterocycles. The molecular weight excluding hydrogens is 288 g/mol. The minimum Gasteiger partial charge on any atom is -0.481 e. The fraction of sp³-hybridized carbons (Fsp3) is 0.533. The van der Waals surface area contributed by atoms with E-state index in [1.807, 2.05) is 19.1 Å². The van der Waals surface area contributed by atoms with Gasteiger partial charge in [0.05, 0.1) is 11.3 Å². The van der Waals surface area contributed by atoms with Crippen molar-refractivity contribution < 1.29 is 14.3 Å². The van der Waals surface area contributed by atoms with Crippen molar-refractivity contribution in [3.8, 4) is 10.8 Å². The van der Waals surface area contributed by atoms with Crippen LogP contribution in [0.5, 0.6) is 0 Å². The van der Waals surface area contributed by atoms with Crippen LogP contribution in [0.3, 0.4) is 0 Å². The average molecular weight is 306 g/mol. The summed E-state index contributed by atoms with van der Waals surface area (Å²) >= 11 is 1.62. The number of carbonyl (C=O) groups is 1. The van der Waals surface area contributed by atoms with Crippen molar-refractivity contribution >= 4 is 17.3 Å². The van der Waals surface area contributed by atoms with Gasteiger partial charge < -0.3 is 9.52 Å². The van der Waals surface area contributed by atoms with Gasteiger partial charge in [0, 0.05) is 11.3 Å². The number of aromatic nitrogens is 2. The fourth-order valence-electron chi connectivity index (χ4n) is 3.16. The molecule has 0 bridgehead atoms. The van der Waals surface area contributed by atoms with Gasteiger partial charge in [0.1, 0.15) is 0 Å². The van der Waals surface area contributed by atoms with Gasteiger partial charge in [-0.25, -0.2) is 0 Å². The molecule has 0 amide bonds. The summed E-state index contributed by atoms with van der Waals surface area (Å²) in [6, 6.07) is 3.99. The van der Waals surface area contributed by atoms with Gasteiger partial charge >= 0.3 is 5.97 Å². The standard InChI is InChI=1S/C15H18N2O3S/c1-10-4-5-11(21-10)14-17-16-12(20-14)8-15(9-13(18)19)6-2-3-7-15/h4-5H,2-3,6-9H2,1H3,(H,18,19). The third-order valence-electron chi connectivity index (χ3n) is 4.13. The molecule has 1 aliphatic rings. The SMILES string of the molecule is Cc1ccc(-c2nnc(CC3(CC(=O)O)CCCC3)o2)s1. The summed E-state index contributed by atoms with van der Waals surface area (Å²) in [6.45, 7) is 2.03. The van der Waals surface area contributed by atoms with Crippen molar-refractivity contribution in [2.45, 2.75) is 45.4 Å². The molecule has 0 radical (unpaired) electrons. The van der Waals surface area contributed by atoms with Gasteiger partial charge in [-0.2, -0.15) is 0 Å². The Morgan fingerprint density at radius 3 is 2.76 bits per heavy atom. The summed E-state index contributed by atoms with van der Waals surface area (Å²) in [5.41, 5.74) is -0.207. The van der Waals surface area contributed by atoms with Gasteiger partial charge in [0.2, 0.25) is 5.89 Å². The zero-order valence-electron chi connectivity index (χ0n) is 12.0. The molecule has 1 aliphatic carbocycles. The highest BCUT2D eigenvalue weighted by Gasteiger charge is 2.37. The highest BCUT2D eigenvalue weighted by molar-refractivity contribution is 7.15. The Kier molecular flexibility index (Phi) is 3.80. The fourth-order valence-corrected chi connectivity index (χ4v) is 3.95. The van der Waals surface area contributed by atoms with Gasteiger partial charge in [-0.15, -0.1) is 21.5 Å². The summed E-state index contributed by atoms with van der Waals surface area (Å²) in [5, 5.41) is 17.4. The van der Waals surface area contributed by atoms with Crippen LogP contribution in [0.2, 0.25) is 0 Å². The molecule has 1 fully saturated rings. The van der Waals surface area contributed by atoms with E-state index < -0.39 is 5.97 Å². The monoisotopic (exact) mass is 306 g/mol. The smallest absolute Gasteiger partial charge is 0.303 e. The van der Waals surface area contributed by atoms with E-state index in [0.29, 0.717) is 18.2 Å². The van der Waals surface area contributed by atoms with E-state index in [4.69, 9.17) is 9.52 Å². The van der Waals surface area contributed by atoms with Crippen LogP contribution in [0, 0.1) is 12.3 Å². The first-order valence-electron chi connectivity index (χ1n) is 7.17. The summed E-state index contributed by atoms with van der Waals surface area (Å²) < 4.78 is 5.75. The minimum atomic E-state index is -0.745. The maximum absolute atomic E-state index is 11.1. The van der Waals surface area contributed by atoms with Gasteiger partial charge in [0.25, 0.3) is 5.89 Å². The Bertz CT molecular complexity index is 641. The molecular formula is C15H18N2O3S. The molecule has 6 heteroatoms. The first-order valence-corrected chi connectivity index (χ1v) is 7.99. The van der Waals surface area contributed by atoms with Crippen LogP contribution in [0.25, 0.3) is 10.8 Å². The summed E-state index contributed by atoms with van der Waals surface area (Å²) in [6.07, 6.45) is 4.76. The first-order chi connectivity index (χ1) is 10.1. The average Bonchev–Trinajstić information content (AvgIpc) is 3.11. The molecule has 1 N–H and O–H groups in total. The Morgan fingerprint density at radius 1 is 1.38 bits per heavy atom. The number of rotatable bonds is 5. The summed E-state index contributed by atoms with van der Waals surface area (Å²) in [7, 11) is 0. The summed E-state index contributed by atoms with van der Waals surface area (Å²) in [4.78, 5) is 13.3. The lowest BCUT2D eigenvalue weighted by atomic mass is 9.79. The normalized spacial score (nSPS) is 17.2. The number of hydrogen-bond acceptors (Lipinski definition) is 5. The number of carboxylic acids is 1. The topological polar surface area (TPSA) is 76.2 Å². The number of carboxylic acid groups (broad SMARTS) is 1. The van der Waals surface area contributed by atoms with Gasteiger partial charge in [0.15, 0.2) is 0 Å². The molecule has 0 spiro atoms. The molecule has 112 valence electrons. The lowest BCUT2D eigenvalue weighted by molar-refractivity contribution is -0.139. The van der Waals surface area contributed by atoms with Crippen LogP contribution in [0.1, 0.15) is 42.9 Å². The van der Waals surface area contributed by atoms with Crippen molar-refractivity contribution in [1.29, 1.82) is 0 Å². The van der Waals surface area contributed by atoms with Gasteiger partial charge in [-0.3, -0.25) is 4.79 Å². The Hall–Kier alpha value is -1.69. The predicted molar refractivity (Wildman–Crippen MR) is 79.2 cm³/mol. The van der Waals surface area contributed by atoms with Crippen molar-refractivity contribution in [3.63, 3.8) is 0 Å². The molecule has 2 heterocycles. The van der Waals surface area contributed by atoms with Crippen molar-refractivity contribution in [2.75, 3.05) is 0 Å². The number of thiophene rings is 1. The van der Waals surface area contributed by atoms with Crippen LogP contribution in [0.4, 0.5) is 0 Å².